The van der Waals surface area contributed by atoms with Gasteiger partial charge in [-0.25, -0.2) is 9.18 Å². The maximum atomic E-state index is 13.7. The Hall–Kier alpha value is -5.61. The number of aromatic nitrogens is 5. The number of carbonyl (C=O) groups is 3. The van der Waals surface area contributed by atoms with Gasteiger partial charge in [0.05, 0.1) is 40.9 Å². The van der Waals surface area contributed by atoms with Gasteiger partial charge in [0.15, 0.2) is 5.82 Å². The fraction of sp³-hybridized carbons (Fsp3) is 0.488. The highest BCUT2D eigenvalue weighted by molar-refractivity contribution is 6.09. The van der Waals surface area contributed by atoms with E-state index in [1.807, 2.05) is 43.9 Å². The molecule has 5 aromatic rings. The second kappa shape index (κ2) is 15.5. The molecule has 2 saturated heterocycles. The monoisotopic (exact) mass is 807 g/mol. The number of urea groups is 1. The second-order valence-electron chi connectivity index (χ2n) is 17.0. The zero-order valence-electron chi connectivity index (χ0n) is 33.5. The Morgan fingerprint density at radius 3 is 2.58 bits per heavy atom. The average molecular weight is 808 g/mol. The molecule has 5 heterocycles. The summed E-state index contributed by atoms with van der Waals surface area (Å²) in [7, 11) is 1.84. The van der Waals surface area contributed by atoms with E-state index in [1.165, 1.54) is 15.5 Å². The molecular weight excluding hydrogens is 758 g/mol. The number of imide groups is 1. The lowest BCUT2D eigenvalue weighted by atomic mass is 9.83. The quantitative estimate of drug-likeness (QED) is 0.167. The van der Waals surface area contributed by atoms with Crippen LogP contribution in [0.15, 0.2) is 59.7 Å². The Morgan fingerprint density at radius 1 is 1.05 bits per heavy atom. The van der Waals surface area contributed by atoms with Crippen molar-refractivity contribution in [2.45, 2.75) is 95.2 Å². The minimum absolute atomic E-state index is 0.0140. The third-order valence-electron chi connectivity index (χ3n) is 12.5. The van der Waals surface area contributed by atoms with Gasteiger partial charge in [-0.1, -0.05) is 6.07 Å². The number of pyridine rings is 1. The zero-order valence-corrected chi connectivity index (χ0v) is 33.5. The summed E-state index contributed by atoms with van der Waals surface area (Å²) in [6.07, 6.45) is 7.10. The molecule has 16 heteroatoms. The molecule has 310 valence electrons. The molecule has 4 amide bonds. The van der Waals surface area contributed by atoms with E-state index >= 15 is 0 Å². The highest BCUT2D eigenvalue weighted by Crippen LogP contribution is 2.39. The molecule has 0 unspecified atom stereocenters. The van der Waals surface area contributed by atoms with Crippen LogP contribution in [0.25, 0.3) is 21.8 Å². The summed E-state index contributed by atoms with van der Waals surface area (Å²) in [5.74, 6) is 0.621. The van der Waals surface area contributed by atoms with Crippen molar-refractivity contribution in [2.75, 3.05) is 36.4 Å². The Balaban J connectivity index is 0.820. The van der Waals surface area contributed by atoms with E-state index in [-0.39, 0.29) is 42.6 Å². The standard InChI is InChI=1S/C43H50FN9O6/c1-24(2)59-38-20-34-27(17-31(38)41(56)45-33-5-4-14-51(42(33)57)36-19-32(36)44)22-53(47-34)28-9-6-25(7-10-28)21-50-15-12-29(37(54)23-50)26-8-11-30-35(18-26)49(3)48-40(30)52-16-13-39(55)46-43(52)58/h4-5,8,11,14,17-18,20,22,24-25,28-29,32,36-37,54H,6-7,9-10,12-13,15-16,19,21,23H2,1-3H3,(H,45,56)(H,46,55,58)/t25?,28?,29-,32-,36+,37-/m1/s1. The largest absolute Gasteiger partial charge is 0.490 e. The zero-order chi connectivity index (χ0) is 41.1. The van der Waals surface area contributed by atoms with Crippen molar-refractivity contribution in [3.05, 3.63) is 76.3 Å². The molecule has 4 atom stereocenters. The van der Waals surface area contributed by atoms with Crippen LogP contribution in [0.5, 0.6) is 5.75 Å². The van der Waals surface area contributed by atoms with Crippen LogP contribution in [0.1, 0.15) is 92.7 Å². The van der Waals surface area contributed by atoms with Crippen LogP contribution in [-0.4, -0.2) is 96.5 Å². The molecule has 0 spiro atoms. The summed E-state index contributed by atoms with van der Waals surface area (Å²) in [6, 6.07) is 12.0. The van der Waals surface area contributed by atoms with Crippen molar-refractivity contribution >= 4 is 51.2 Å². The van der Waals surface area contributed by atoms with Gasteiger partial charge in [-0.15, -0.1) is 0 Å². The van der Waals surface area contributed by atoms with E-state index in [0.29, 0.717) is 36.0 Å². The van der Waals surface area contributed by atoms with E-state index in [9.17, 15) is 28.7 Å². The van der Waals surface area contributed by atoms with E-state index in [0.717, 1.165) is 72.6 Å². The van der Waals surface area contributed by atoms with Crippen molar-refractivity contribution in [1.82, 2.24) is 34.3 Å². The first kappa shape index (κ1) is 38.9. The summed E-state index contributed by atoms with van der Waals surface area (Å²) >= 11 is 0. The summed E-state index contributed by atoms with van der Waals surface area (Å²) in [6.45, 7) is 6.46. The van der Waals surface area contributed by atoms with Gasteiger partial charge in [-0.2, -0.15) is 10.2 Å². The number of likely N-dealkylation sites (tertiary alicyclic amines) is 1. The van der Waals surface area contributed by atoms with Crippen LogP contribution >= 0.6 is 0 Å². The number of aliphatic hydroxyl groups excluding tert-OH is 1. The van der Waals surface area contributed by atoms with E-state index < -0.39 is 35.8 Å². The Labute approximate surface area is 340 Å². The summed E-state index contributed by atoms with van der Waals surface area (Å²) < 4.78 is 24.9. The van der Waals surface area contributed by atoms with Crippen molar-refractivity contribution in [2.24, 2.45) is 13.0 Å². The average Bonchev–Trinajstić information content (AvgIpc) is 3.63. The van der Waals surface area contributed by atoms with Crippen LogP contribution in [0.3, 0.4) is 0 Å². The van der Waals surface area contributed by atoms with Crippen LogP contribution in [-0.2, 0) is 11.8 Å². The number of piperidine rings is 1. The third-order valence-corrected chi connectivity index (χ3v) is 12.5. The van der Waals surface area contributed by atoms with Crippen LogP contribution in [0.2, 0.25) is 0 Å². The van der Waals surface area contributed by atoms with Crippen LogP contribution < -0.4 is 25.8 Å². The fourth-order valence-corrected chi connectivity index (χ4v) is 9.24. The molecule has 2 saturated carbocycles. The molecule has 2 aromatic carbocycles. The van der Waals surface area contributed by atoms with Crippen LogP contribution in [0, 0.1) is 5.92 Å². The molecule has 3 N–H and O–H groups in total. The molecule has 2 aliphatic carbocycles. The number of rotatable bonds is 10. The molecule has 2 aliphatic heterocycles. The number of nitrogens with one attached hydrogen (secondary N) is 2. The van der Waals surface area contributed by atoms with E-state index in [4.69, 9.17) is 9.84 Å². The molecule has 59 heavy (non-hydrogen) atoms. The predicted molar refractivity (Wildman–Crippen MR) is 220 cm³/mol. The van der Waals surface area contributed by atoms with Gasteiger partial charge in [0.25, 0.3) is 11.5 Å². The summed E-state index contributed by atoms with van der Waals surface area (Å²) in [5.41, 5.74) is 2.58. The number of β-amino-alcohol motifs (C(OH)–C–C–N with tert-alkyl or cyclic N) is 1. The van der Waals surface area contributed by atoms with Gasteiger partial charge in [-0.3, -0.25) is 34.0 Å². The maximum absolute atomic E-state index is 13.7. The first-order valence-corrected chi connectivity index (χ1v) is 20.7. The number of alkyl halides is 1. The molecule has 0 bridgehead atoms. The number of fused-ring (bicyclic) bond motifs is 2. The van der Waals surface area contributed by atoms with Gasteiger partial charge in [0.2, 0.25) is 5.91 Å². The number of aryl methyl sites for hydroxylation is 1. The Morgan fingerprint density at radius 2 is 1.85 bits per heavy atom. The van der Waals surface area contributed by atoms with Crippen molar-refractivity contribution in [3.63, 3.8) is 0 Å². The highest BCUT2D eigenvalue weighted by atomic mass is 19.1. The lowest BCUT2D eigenvalue weighted by Crippen LogP contribution is -2.49. The number of carbonyl (C=O) groups excluding carboxylic acids is 3. The molecule has 3 aromatic heterocycles. The molecule has 15 nitrogen and oxygen atoms in total. The smallest absolute Gasteiger partial charge is 0.329 e. The predicted octanol–water partition coefficient (Wildman–Crippen LogP) is 5.44. The number of hydrogen-bond donors (Lipinski definition) is 3. The first-order valence-electron chi connectivity index (χ1n) is 20.7. The normalized spacial score (nSPS) is 25.2. The lowest BCUT2D eigenvalue weighted by molar-refractivity contribution is -0.120. The Kier molecular flexibility index (Phi) is 10.2. The summed E-state index contributed by atoms with van der Waals surface area (Å²) in [5, 5.41) is 27.7. The van der Waals surface area contributed by atoms with Gasteiger partial charge >= 0.3 is 6.03 Å². The lowest BCUT2D eigenvalue weighted by Gasteiger charge is -2.39. The van der Waals surface area contributed by atoms with Crippen LogP contribution in [0.4, 0.5) is 20.7 Å². The number of nitrogens with zero attached hydrogens (tertiary/aromatic N) is 7. The number of anilines is 2. The number of halogens is 1. The van der Waals surface area contributed by atoms with Crippen molar-refractivity contribution in [3.8, 4) is 5.75 Å². The molecule has 4 fully saturated rings. The first-order chi connectivity index (χ1) is 28.4. The van der Waals surface area contributed by atoms with Gasteiger partial charge in [0.1, 0.15) is 17.6 Å². The van der Waals surface area contributed by atoms with Gasteiger partial charge < -0.3 is 24.6 Å². The second-order valence-corrected chi connectivity index (χ2v) is 17.0. The maximum Gasteiger partial charge on any atom is 0.329 e. The molecule has 9 rings (SSSR count). The highest BCUT2D eigenvalue weighted by Gasteiger charge is 2.40. The summed E-state index contributed by atoms with van der Waals surface area (Å²) in [4.78, 5) is 54.8. The number of hydrogen-bond acceptors (Lipinski definition) is 9. The van der Waals surface area contributed by atoms with E-state index in [1.54, 1.807) is 29.1 Å². The molecule has 0 radical (unpaired) electrons. The van der Waals surface area contributed by atoms with Crippen molar-refractivity contribution < 1.29 is 28.6 Å². The number of ether oxygens (including phenoxy) is 1. The van der Waals surface area contributed by atoms with Gasteiger partial charge in [0, 0.05) is 74.7 Å². The number of benzene rings is 2. The Bertz CT molecular complexity index is 2500. The third kappa shape index (κ3) is 7.71. The molecule has 4 aliphatic rings. The topological polar surface area (TPSA) is 169 Å². The van der Waals surface area contributed by atoms with Gasteiger partial charge in [-0.05, 0) is 94.3 Å². The fourth-order valence-electron chi connectivity index (χ4n) is 9.24. The van der Waals surface area contributed by atoms with Crippen molar-refractivity contribution in [1.29, 1.82) is 0 Å². The number of aliphatic hydroxyl groups is 1. The SMILES string of the molecule is CC(C)Oc1cc2nn(C3CCC(CN4CC[C@H](c5ccc6c(N7CCC(=O)NC7=O)nn(C)c6c5)[C@H](O)C4)CC3)cc2cc1C(=O)Nc1cccn([C@H]2C[C@H]2F)c1=O. The molecular formula is C43H50FN9O6. The minimum atomic E-state index is -1.05. The minimum Gasteiger partial charge on any atom is -0.490 e. The number of amides is 4. The van der Waals surface area contributed by atoms with E-state index in [2.05, 4.69) is 26.7 Å².